The molecule has 5 heteroatoms. The maximum atomic E-state index is 11.1. The summed E-state index contributed by atoms with van der Waals surface area (Å²) in [4.78, 5) is 8.00. The quantitative estimate of drug-likeness (QED) is 0.843. The Morgan fingerprint density at radius 2 is 1.72 bits per heavy atom. The molecule has 0 atom stereocenters. The molecular weight excluding hydrogens is 248 g/mol. The molecule has 0 N–H and O–H groups in total. The Kier molecular flexibility index (Phi) is 3.72. The lowest BCUT2D eigenvalue weighted by Gasteiger charge is -2.08. The van der Waals surface area contributed by atoms with Crippen molar-refractivity contribution in [2.24, 2.45) is 0 Å². The lowest BCUT2D eigenvalue weighted by atomic mass is 10.0. The fourth-order valence-corrected chi connectivity index (χ4v) is 2.24. The van der Waals surface area contributed by atoms with E-state index < -0.39 is 9.84 Å². The van der Waals surface area contributed by atoms with Crippen molar-refractivity contribution in [2.45, 2.75) is 6.42 Å². The first kappa shape index (κ1) is 12.7. The van der Waals surface area contributed by atoms with E-state index in [2.05, 4.69) is 16.2 Å². The van der Waals surface area contributed by atoms with Gasteiger partial charge in [0, 0.05) is 24.8 Å². The second-order valence-corrected chi connectivity index (χ2v) is 5.86. The van der Waals surface area contributed by atoms with Gasteiger partial charge in [-0.1, -0.05) is 0 Å². The van der Waals surface area contributed by atoms with Gasteiger partial charge in [0.1, 0.15) is 0 Å². The van der Waals surface area contributed by atoms with Crippen molar-refractivity contribution < 1.29 is 8.42 Å². The predicted molar refractivity (Wildman–Crippen MR) is 70.3 cm³/mol. The molecule has 0 aliphatic rings. The SMILES string of the molecule is [CH2]S(=O)(=O)CCc1cnccc1-c1ccncc1. The van der Waals surface area contributed by atoms with Crippen molar-refractivity contribution in [1.82, 2.24) is 9.97 Å². The normalized spacial score (nSPS) is 11.4. The van der Waals surface area contributed by atoms with E-state index in [1.165, 1.54) is 0 Å². The standard InChI is InChI=1S/C13H13N2O2S/c1-18(16,17)9-5-12-10-15-8-4-13(12)11-2-6-14-7-3-11/h2-4,6-8,10H,1,5,9H2. The molecule has 2 rings (SSSR count). The van der Waals surface area contributed by atoms with E-state index >= 15 is 0 Å². The van der Waals surface area contributed by atoms with Crippen molar-refractivity contribution >= 4 is 9.84 Å². The fourth-order valence-electron chi connectivity index (χ4n) is 1.70. The molecule has 0 bridgehead atoms. The molecule has 0 saturated carbocycles. The van der Waals surface area contributed by atoms with E-state index in [4.69, 9.17) is 0 Å². The molecular formula is C13H13N2O2S. The predicted octanol–water partition coefficient (Wildman–Crippen LogP) is 1.89. The number of aryl methyl sites for hydroxylation is 1. The van der Waals surface area contributed by atoms with Gasteiger partial charge in [0.2, 0.25) is 0 Å². The molecule has 2 heterocycles. The van der Waals surface area contributed by atoms with Crippen LogP contribution in [-0.2, 0) is 16.3 Å². The second kappa shape index (κ2) is 5.27. The Morgan fingerprint density at radius 3 is 2.39 bits per heavy atom. The fraction of sp³-hybridized carbons (Fsp3) is 0.154. The molecule has 0 aromatic carbocycles. The summed E-state index contributed by atoms with van der Waals surface area (Å²) >= 11 is 0. The summed E-state index contributed by atoms with van der Waals surface area (Å²) < 4.78 is 22.2. The topological polar surface area (TPSA) is 59.9 Å². The van der Waals surface area contributed by atoms with E-state index in [1.807, 2.05) is 18.2 Å². The van der Waals surface area contributed by atoms with Crippen LogP contribution in [0.2, 0.25) is 0 Å². The molecule has 0 aliphatic heterocycles. The van der Waals surface area contributed by atoms with Gasteiger partial charge in [-0.15, -0.1) is 0 Å². The van der Waals surface area contributed by atoms with Crippen LogP contribution in [-0.4, -0.2) is 24.1 Å². The summed E-state index contributed by atoms with van der Waals surface area (Å²) in [7, 11) is -3.21. The molecule has 0 aliphatic carbocycles. The molecule has 93 valence electrons. The second-order valence-electron chi connectivity index (χ2n) is 3.97. The summed E-state index contributed by atoms with van der Waals surface area (Å²) in [5, 5.41) is 0. The summed E-state index contributed by atoms with van der Waals surface area (Å²) in [6.45, 7) is 0. The van der Waals surface area contributed by atoms with E-state index in [1.54, 1.807) is 24.8 Å². The van der Waals surface area contributed by atoms with Gasteiger partial charge < -0.3 is 0 Å². The Balaban J connectivity index is 2.32. The van der Waals surface area contributed by atoms with Gasteiger partial charge in [-0.2, -0.15) is 0 Å². The minimum atomic E-state index is -3.21. The summed E-state index contributed by atoms with van der Waals surface area (Å²) in [6, 6.07) is 5.65. The van der Waals surface area contributed by atoms with Crippen molar-refractivity contribution in [3.63, 3.8) is 0 Å². The van der Waals surface area contributed by atoms with Crippen LogP contribution in [0, 0.1) is 6.26 Å². The average molecular weight is 261 g/mol. The van der Waals surface area contributed by atoms with E-state index in [0.29, 0.717) is 6.42 Å². The first-order valence-electron chi connectivity index (χ1n) is 5.45. The van der Waals surface area contributed by atoms with Crippen molar-refractivity contribution in [2.75, 3.05) is 5.75 Å². The zero-order chi connectivity index (χ0) is 13.0. The van der Waals surface area contributed by atoms with Crippen LogP contribution >= 0.6 is 0 Å². The van der Waals surface area contributed by atoms with Crippen molar-refractivity contribution in [3.8, 4) is 11.1 Å². The van der Waals surface area contributed by atoms with Crippen LogP contribution < -0.4 is 0 Å². The minimum absolute atomic E-state index is 0.0246. The first-order valence-corrected chi connectivity index (χ1v) is 7.27. The summed E-state index contributed by atoms with van der Waals surface area (Å²) in [6.07, 6.45) is 10.3. The smallest absolute Gasteiger partial charge is 0.151 e. The van der Waals surface area contributed by atoms with Gasteiger partial charge >= 0.3 is 0 Å². The van der Waals surface area contributed by atoms with Crippen LogP contribution in [0.3, 0.4) is 0 Å². The molecule has 1 radical (unpaired) electrons. The van der Waals surface area contributed by atoms with E-state index in [0.717, 1.165) is 16.7 Å². The lowest BCUT2D eigenvalue weighted by molar-refractivity contribution is 0.603. The zero-order valence-corrected chi connectivity index (χ0v) is 10.6. The highest BCUT2D eigenvalue weighted by Crippen LogP contribution is 2.22. The number of hydrogen-bond acceptors (Lipinski definition) is 4. The third-order valence-electron chi connectivity index (χ3n) is 2.58. The average Bonchev–Trinajstić information content (AvgIpc) is 2.37. The molecule has 2 aromatic heterocycles. The van der Waals surface area contributed by atoms with Gasteiger partial charge in [0.15, 0.2) is 9.84 Å². The van der Waals surface area contributed by atoms with Gasteiger partial charge in [-0.25, -0.2) is 8.42 Å². The maximum Gasteiger partial charge on any atom is 0.151 e. The number of rotatable bonds is 4. The minimum Gasteiger partial charge on any atom is -0.265 e. The monoisotopic (exact) mass is 261 g/mol. The van der Waals surface area contributed by atoms with Gasteiger partial charge in [0.25, 0.3) is 0 Å². The van der Waals surface area contributed by atoms with Crippen LogP contribution in [0.4, 0.5) is 0 Å². The van der Waals surface area contributed by atoms with Crippen molar-refractivity contribution in [3.05, 3.63) is 54.8 Å². The highest BCUT2D eigenvalue weighted by atomic mass is 32.2. The Labute approximate surface area is 107 Å². The summed E-state index contributed by atoms with van der Waals surface area (Å²) in [5.41, 5.74) is 2.89. The third kappa shape index (κ3) is 3.37. The van der Waals surface area contributed by atoms with Gasteiger partial charge in [0.05, 0.1) is 12.0 Å². The van der Waals surface area contributed by atoms with Crippen molar-refractivity contribution in [1.29, 1.82) is 0 Å². The molecule has 4 nitrogen and oxygen atoms in total. The summed E-state index contributed by atoms with van der Waals surface area (Å²) in [5.74, 6) is 0.0246. The van der Waals surface area contributed by atoms with Gasteiger partial charge in [-0.05, 0) is 41.3 Å². The van der Waals surface area contributed by atoms with Crippen LogP contribution in [0.15, 0.2) is 43.0 Å². The molecule has 2 aromatic rings. The van der Waals surface area contributed by atoms with Crippen LogP contribution in [0.1, 0.15) is 5.56 Å². The Bertz CT molecular complexity index is 624. The maximum absolute atomic E-state index is 11.1. The molecule has 0 amide bonds. The van der Waals surface area contributed by atoms with E-state index in [9.17, 15) is 8.42 Å². The number of hydrogen-bond donors (Lipinski definition) is 0. The lowest BCUT2D eigenvalue weighted by Crippen LogP contribution is -2.05. The number of sulfone groups is 1. The largest absolute Gasteiger partial charge is 0.265 e. The highest BCUT2D eigenvalue weighted by Gasteiger charge is 2.08. The molecule has 0 fully saturated rings. The zero-order valence-electron chi connectivity index (χ0n) is 9.78. The number of aromatic nitrogens is 2. The number of pyridine rings is 2. The highest BCUT2D eigenvalue weighted by molar-refractivity contribution is 7.92. The third-order valence-corrected chi connectivity index (χ3v) is 3.40. The molecule has 0 saturated heterocycles. The molecule has 0 spiro atoms. The Hall–Kier alpha value is -1.75. The van der Waals surface area contributed by atoms with Gasteiger partial charge in [-0.3, -0.25) is 9.97 Å². The number of nitrogens with zero attached hydrogens (tertiary/aromatic N) is 2. The van der Waals surface area contributed by atoms with E-state index in [-0.39, 0.29) is 5.75 Å². The van der Waals surface area contributed by atoms with Crippen LogP contribution in [0.5, 0.6) is 0 Å². The van der Waals surface area contributed by atoms with Crippen LogP contribution in [0.25, 0.3) is 11.1 Å². The first-order chi connectivity index (χ1) is 8.56. The molecule has 18 heavy (non-hydrogen) atoms. The molecule has 0 unspecified atom stereocenters. The Morgan fingerprint density at radius 1 is 1.06 bits per heavy atom.